The number of hydrogen-bond acceptors (Lipinski definition) is 2. The van der Waals surface area contributed by atoms with Gasteiger partial charge in [-0.05, 0) is 11.6 Å². The van der Waals surface area contributed by atoms with Crippen LogP contribution < -0.4 is 0 Å². The van der Waals surface area contributed by atoms with E-state index in [9.17, 15) is 13.2 Å². The second-order valence-electron chi connectivity index (χ2n) is 3.50. The highest BCUT2D eigenvalue weighted by atomic mass is 32.2. The molecule has 1 aromatic carbocycles. The molecule has 0 N–H and O–H groups in total. The summed E-state index contributed by atoms with van der Waals surface area (Å²) in [5.74, 6) is 0.939. The molecule has 0 aliphatic carbocycles. The molecular formula is C11H10F3NS. The van der Waals surface area contributed by atoms with E-state index in [4.69, 9.17) is 0 Å². The minimum Gasteiger partial charge on any atom is -0.282 e. The summed E-state index contributed by atoms with van der Waals surface area (Å²) < 4.78 is 37.3. The molecule has 16 heavy (non-hydrogen) atoms. The molecule has 1 aromatic rings. The predicted molar refractivity (Wildman–Crippen MR) is 59.9 cm³/mol. The van der Waals surface area contributed by atoms with E-state index in [0.29, 0.717) is 12.0 Å². The van der Waals surface area contributed by atoms with Crippen LogP contribution in [0.4, 0.5) is 13.2 Å². The first kappa shape index (κ1) is 11.5. The fraction of sp³-hybridized carbons (Fsp3) is 0.364. The first-order valence-corrected chi connectivity index (χ1v) is 5.86. The van der Waals surface area contributed by atoms with Crippen LogP contribution in [0.3, 0.4) is 0 Å². The molecule has 5 heteroatoms. The van der Waals surface area contributed by atoms with Gasteiger partial charge in [-0.15, -0.1) is 11.8 Å². The average molecular weight is 245 g/mol. The molecule has 0 saturated carbocycles. The van der Waals surface area contributed by atoms with Crippen molar-refractivity contribution in [2.24, 2.45) is 4.99 Å². The Bertz CT molecular complexity index is 412. The maximum atomic E-state index is 12.4. The zero-order valence-electron chi connectivity index (χ0n) is 8.42. The van der Waals surface area contributed by atoms with E-state index >= 15 is 0 Å². The third-order valence-corrected chi connectivity index (χ3v) is 3.25. The third-order valence-electron chi connectivity index (χ3n) is 2.26. The molecule has 0 radical (unpaired) electrons. The van der Waals surface area contributed by atoms with Crippen molar-refractivity contribution in [2.75, 3.05) is 12.3 Å². The summed E-state index contributed by atoms with van der Waals surface area (Å²) in [5, 5.41) is 0.930. The standard InChI is InChI=1S/C11H10F3NS/c12-11(13,14)9-3-1-2-8(6-9)7-10-15-4-5-16-10/h1-3,6H,4-5,7H2. The first-order valence-electron chi connectivity index (χ1n) is 4.88. The van der Waals surface area contributed by atoms with Crippen LogP contribution in [0.25, 0.3) is 0 Å². The van der Waals surface area contributed by atoms with Crippen molar-refractivity contribution in [2.45, 2.75) is 12.6 Å². The summed E-state index contributed by atoms with van der Waals surface area (Å²) >= 11 is 1.62. The van der Waals surface area contributed by atoms with Crippen molar-refractivity contribution in [3.8, 4) is 0 Å². The van der Waals surface area contributed by atoms with E-state index < -0.39 is 11.7 Å². The van der Waals surface area contributed by atoms with Crippen molar-refractivity contribution in [1.29, 1.82) is 0 Å². The number of thioether (sulfide) groups is 1. The van der Waals surface area contributed by atoms with Gasteiger partial charge in [0.1, 0.15) is 0 Å². The smallest absolute Gasteiger partial charge is 0.282 e. The van der Waals surface area contributed by atoms with Crippen LogP contribution in [0.15, 0.2) is 29.3 Å². The van der Waals surface area contributed by atoms with Crippen LogP contribution in [0, 0.1) is 0 Å². The third kappa shape index (κ3) is 2.78. The van der Waals surface area contributed by atoms with Crippen LogP contribution in [0.2, 0.25) is 0 Å². The monoisotopic (exact) mass is 245 g/mol. The molecule has 0 bridgehead atoms. The van der Waals surface area contributed by atoms with E-state index in [1.807, 2.05) is 0 Å². The van der Waals surface area contributed by atoms with Gasteiger partial charge in [0.2, 0.25) is 0 Å². The minimum atomic E-state index is -4.26. The Morgan fingerprint density at radius 3 is 2.75 bits per heavy atom. The first-order chi connectivity index (χ1) is 7.55. The van der Waals surface area contributed by atoms with Gasteiger partial charge in [-0.1, -0.05) is 18.2 Å². The molecule has 1 aliphatic heterocycles. The molecule has 2 rings (SSSR count). The number of alkyl halides is 3. The Labute approximate surface area is 95.8 Å². The SMILES string of the molecule is FC(F)(F)c1cccc(CC2=NCCS2)c1. The van der Waals surface area contributed by atoms with Crippen LogP contribution >= 0.6 is 11.8 Å². The summed E-state index contributed by atoms with van der Waals surface area (Å²) in [5.41, 5.74) is 0.0802. The number of nitrogens with zero attached hydrogens (tertiary/aromatic N) is 1. The highest BCUT2D eigenvalue weighted by molar-refractivity contribution is 8.14. The number of hydrogen-bond donors (Lipinski definition) is 0. The molecular weight excluding hydrogens is 235 g/mol. The molecule has 0 fully saturated rings. The van der Waals surface area contributed by atoms with E-state index in [1.54, 1.807) is 17.8 Å². The molecule has 86 valence electrons. The van der Waals surface area contributed by atoms with Gasteiger partial charge in [0.15, 0.2) is 0 Å². The second-order valence-corrected chi connectivity index (χ2v) is 4.67. The van der Waals surface area contributed by atoms with Crippen molar-refractivity contribution >= 4 is 16.8 Å². The van der Waals surface area contributed by atoms with Gasteiger partial charge in [-0.3, -0.25) is 4.99 Å². The fourth-order valence-corrected chi connectivity index (χ4v) is 2.39. The van der Waals surface area contributed by atoms with Crippen LogP contribution in [0.5, 0.6) is 0 Å². The summed E-state index contributed by atoms with van der Waals surface area (Å²) in [7, 11) is 0. The predicted octanol–water partition coefficient (Wildman–Crippen LogP) is 3.39. The summed E-state index contributed by atoms with van der Waals surface area (Å²) in [6.45, 7) is 0.777. The van der Waals surface area contributed by atoms with Gasteiger partial charge in [0.25, 0.3) is 0 Å². The number of benzene rings is 1. The maximum absolute atomic E-state index is 12.4. The fourth-order valence-electron chi connectivity index (χ4n) is 1.52. The lowest BCUT2D eigenvalue weighted by molar-refractivity contribution is -0.137. The summed E-state index contributed by atoms with van der Waals surface area (Å²) in [6.07, 6.45) is -3.75. The molecule has 1 heterocycles. The van der Waals surface area contributed by atoms with Gasteiger partial charge < -0.3 is 0 Å². The number of halogens is 3. The summed E-state index contributed by atoms with van der Waals surface area (Å²) in [4.78, 5) is 4.22. The Morgan fingerprint density at radius 1 is 1.31 bits per heavy atom. The molecule has 0 unspecified atom stereocenters. The Balaban J connectivity index is 2.16. The minimum absolute atomic E-state index is 0.509. The van der Waals surface area contributed by atoms with Crippen molar-refractivity contribution < 1.29 is 13.2 Å². The molecule has 0 spiro atoms. The van der Waals surface area contributed by atoms with Crippen molar-refractivity contribution in [3.05, 3.63) is 35.4 Å². The van der Waals surface area contributed by atoms with Gasteiger partial charge in [-0.2, -0.15) is 13.2 Å². The molecule has 0 atom stereocenters. The number of aliphatic imine (C=N–C) groups is 1. The molecule has 0 saturated heterocycles. The van der Waals surface area contributed by atoms with Crippen LogP contribution in [0.1, 0.15) is 11.1 Å². The molecule has 0 amide bonds. The lowest BCUT2D eigenvalue weighted by Crippen LogP contribution is -2.06. The van der Waals surface area contributed by atoms with Crippen molar-refractivity contribution in [1.82, 2.24) is 0 Å². The second kappa shape index (κ2) is 4.49. The zero-order valence-corrected chi connectivity index (χ0v) is 9.24. The largest absolute Gasteiger partial charge is 0.416 e. The Kier molecular flexibility index (Phi) is 3.23. The van der Waals surface area contributed by atoms with Gasteiger partial charge >= 0.3 is 6.18 Å². The number of rotatable bonds is 2. The molecule has 0 aromatic heterocycles. The van der Waals surface area contributed by atoms with Gasteiger partial charge in [-0.25, -0.2) is 0 Å². The Hall–Kier alpha value is -0.970. The quantitative estimate of drug-likeness (QED) is 0.778. The Morgan fingerprint density at radius 2 is 2.12 bits per heavy atom. The highest BCUT2D eigenvalue weighted by Crippen LogP contribution is 2.30. The topological polar surface area (TPSA) is 12.4 Å². The molecule has 1 nitrogen and oxygen atoms in total. The van der Waals surface area contributed by atoms with Gasteiger partial charge in [0.05, 0.1) is 10.6 Å². The van der Waals surface area contributed by atoms with E-state index in [1.165, 1.54) is 12.1 Å². The maximum Gasteiger partial charge on any atom is 0.416 e. The highest BCUT2D eigenvalue weighted by Gasteiger charge is 2.30. The van der Waals surface area contributed by atoms with Crippen molar-refractivity contribution in [3.63, 3.8) is 0 Å². The van der Waals surface area contributed by atoms with E-state index in [2.05, 4.69) is 4.99 Å². The summed E-state index contributed by atoms with van der Waals surface area (Å²) in [6, 6.07) is 5.43. The average Bonchev–Trinajstić information content (AvgIpc) is 2.70. The van der Waals surface area contributed by atoms with Gasteiger partial charge in [0, 0.05) is 18.7 Å². The normalized spacial score (nSPS) is 16.3. The van der Waals surface area contributed by atoms with E-state index in [0.717, 1.165) is 23.4 Å². The molecule has 1 aliphatic rings. The van der Waals surface area contributed by atoms with E-state index in [-0.39, 0.29) is 0 Å². The lowest BCUT2D eigenvalue weighted by Gasteiger charge is -2.08. The zero-order chi connectivity index (χ0) is 11.6. The van der Waals surface area contributed by atoms with Crippen LogP contribution in [-0.2, 0) is 12.6 Å². The lowest BCUT2D eigenvalue weighted by atomic mass is 10.1. The van der Waals surface area contributed by atoms with Crippen LogP contribution in [-0.4, -0.2) is 17.3 Å².